The molecule has 0 atom stereocenters. The van der Waals surface area contributed by atoms with Gasteiger partial charge in [-0.25, -0.2) is 0 Å². The molecule has 3 heteroatoms. The van der Waals surface area contributed by atoms with Gasteiger partial charge in [0.1, 0.15) is 11.5 Å². The minimum absolute atomic E-state index is 0.226. The molecule has 0 aliphatic carbocycles. The molecule has 0 bridgehead atoms. The number of ether oxygens (including phenoxy) is 1. The molecule has 1 aromatic carbocycles. The minimum atomic E-state index is 0.226. The van der Waals surface area contributed by atoms with E-state index >= 15 is 0 Å². The number of rotatable bonds is 6. The third-order valence-corrected chi connectivity index (χ3v) is 3.42. The number of ketones is 1. The molecule has 0 amide bonds. The lowest BCUT2D eigenvalue weighted by molar-refractivity contribution is -0.117. The van der Waals surface area contributed by atoms with Crippen LogP contribution in [0.3, 0.4) is 0 Å². The Labute approximate surface area is 114 Å². The standard InChI is InChI=1S/C15H21ClO2/c1-5-18-15-10(2)9-14(16)12(4)13(15)8-6-7-11(3)17/h9H,5-8H2,1-4H3. The lowest BCUT2D eigenvalue weighted by atomic mass is 9.98. The minimum Gasteiger partial charge on any atom is -0.493 e. The van der Waals surface area contributed by atoms with E-state index in [2.05, 4.69) is 0 Å². The highest BCUT2D eigenvalue weighted by Gasteiger charge is 2.13. The number of hydrogen-bond acceptors (Lipinski definition) is 2. The summed E-state index contributed by atoms with van der Waals surface area (Å²) in [6.07, 6.45) is 2.29. The topological polar surface area (TPSA) is 26.3 Å². The summed E-state index contributed by atoms with van der Waals surface area (Å²) in [6.45, 7) is 8.25. The Morgan fingerprint density at radius 1 is 1.39 bits per heavy atom. The first-order chi connectivity index (χ1) is 8.47. The lowest BCUT2D eigenvalue weighted by Gasteiger charge is -2.17. The van der Waals surface area contributed by atoms with Gasteiger partial charge in [-0.3, -0.25) is 0 Å². The predicted octanol–water partition coefficient (Wildman–Crippen LogP) is 4.27. The first kappa shape index (κ1) is 15.0. The van der Waals surface area contributed by atoms with Gasteiger partial charge in [0.05, 0.1) is 6.61 Å². The van der Waals surface area contributed by atoms with Gasteiger partial charge in [-0.15, -0.1) is 0 Å². The van der Waals surface area contributed by atoms with Crippen molar-refractivity contribution in [2.45, 2.75) is 47.0 Å². The zero-order valence-electron chi connectivity index (χ0n) is 11.6. The molecular formula is C15H21ClO2. The molecule has 0 unspecified atom stereocenters. The Morgan fingerprint density at radius 3 is 2.61 bits per heavy atom. The Hall–Kier alpha value is -1.02. The van der Waals surface area contributed by atoms with E-state index in [9.17, 15) is 4.79 Å². The van der Waals surface area contributed by atoms with Gasteiger partial charge in [-0.2, -0.15) is 0 Å². The third-order valence-electron chi connectivity index (χ3n) is 3.03. The summed E-state index contributed by atoms with van der Waals surface area (Å²) in [5.74, 6) is 1.16. The van der Waals surface area contributed by atoms with E-state index in [1.807, 2.05) is 26.8 Å². The van der Waals surface area contributed by atoms with Crippen LogP contribution in [0.15, 0.2) is 6.07 Å². The van der Waals surface area contributed by atoms with Crippen molar-refractivity contribution in [1.29, 1.82) is 0 Å². The normalized spacial score (nSPS) is 10.5. The van der Waals surface area contributed by atoms with Crippen LogP contribution in [0.5, 0.6) is 5.75 Å². The average Bonchev–Trinajstić information content (AvgIpc) is 2.29. The van der Waals surface area contributed by atoms with Crippen molar-refractivity contribution < 1.29 is 9.53 Å². The van der Waals surface area contributed by atoms with Crippen LogP contribution in [0.4, 0.5) is 0 Å². The second kappa shape index (κ2) is 6.79. The molecule has 0 saturated heterocycles. The van der Waals surface area contributed by atoms with Crippen molar-refractivity contribution in [3.8, 4) is 5.75 Å². The zero-order chi connectivity index (χ0) is 13.7. The molecule has 0 radical (unpaired) electrons. The number of halogens is 1. The number of carbonyl (C=O) groups excluding carboxylic acids is 1. The maximum absolute atomic E-state index is 11.0. The zero-order valence-corrected chi connectivity index (χ0v) is 12.4. The molecule has 2 nitrogen and oxygen atoms in total. The number of aryl methyl sites for hydroxylation is 1. The van der Waals surface area contributed by atoms with E-state index in [1.54, 1.807) is 6.92 Å². The molecule has 100 valence electrons. The SMILES string of the molecule is CCOc1c(C)cc(Cl)c(C)c1CCCC(C)=O. The van der Waals surface area contributed by atoms with Gasteiger partial charge in [0.25, 0.3) is 0 Å². The first-order valence-electron chi connectivity index (χ1n) is 6.38. The summed E-state index contributed by atoms with van der Waals surface area (Å²) in [5, 5.41) is 0.772. The summed E-state index contributed by atoms with van der Waals surface area (Å²) < 4.78 is 5.72. The fraction of sp³-hybridized carbons (Fsp3) is 0.533. The van der Waals surface area contributed by atoms with Gasteiger partial charge < -0.3 is 9.53 Å². The quantitative estimate of drug-likeness (QED) is 0.770. The van der Waals surface area contributed by atoms with Gasteiger partial charge in [-0.1, -0.05) is 11.6 Å². The molecule has 1 rings (SSSR count). The smallest absolute Gasteiger partial charge is 0.129 e. The van der Waals surface area contributed by atoms with Crippen LogP contribution in [0, 0.1) is 13.8 Å². The van der Waals surface area contributed by atoms with Crippen LogP contribution in [0.2, 0.25) is 5.02 Å². The van der Waals surface area contributed by atoms with Crippen molar-refractivity contribution in [1.82, 2.24) is 0 Å². The fourth-order valence-corrected chi connectivity index (χ4v) is 2.35. The lowest BCUT2D eigenvalue weighted by Crippen LogP contribution is -2.03. The second-order valence-electron chi connectivity index (χ2n) is 4.60. The highest BCUT2D eigenvalue weighted by molar-refractivity contribution is 6.31. The van der Waals surface area contributed by atoms with Gasteiger partial charge >= 0.3 is 0 Å². The number of carbonyl (C=O) groups is 1. The van der Waals surface area contributed by atoms with Crippen LogP contribution in [-0.2, 0) is 11.2 Å². The number of Topliss-reactive ketones (excluding diaryl/α,β-unsaturated/α-hetero) is 1. The molecule has 1 aromatic rings. The Bertz CT molecular complexity index is 439. The molecular weight excluding hydrogens is 248 g/mol. The highest BCUT2D eigenvalue weighted by Crippen LogP contribution is 2.33. The van der Waals surface area contributed by atoms with E-state index < -0.39 is 0 Å². The molecule has 0 aliphatic rings. The summed E-state index contributed by atoms with van der Waals surface area (Å²) in [7, 11) is 0. The maximum Gasteiger partial charge on any atom is 0.129 e. The van der Waals surface area contributed by atoms with E-state index in [1.165, 1.54) is 0 Å². The molecule has 0 spiro atoms. The van der Waals surface area contributed by atoms with E-state index in [4.69, 9.17) is 16.3 Å². The molecule has 0 aliphatic heterocycles. The van der Waals surface area contributed by atoms with Crippen LogP contribution < -0.4 is 4.74 Å². The van der Waals surface area contributed by atoms with Gasteiger partial charge in [-0.05, 0) is 63.3 Å². The summed E-state index contributed by atoms with van der Waals surface area (Å²) in [4.78, 5) is 11.0. The predicted molar refractivity (Wildman–Crippen MR) is 75.7 cm³/mol. The third kappa shape index (κ3) is 3.74. The largest absolute Gasteiger partial charge is 0.493 e. The van der Waals surface area contributed by atoms with Crippen molar-refractivity contribution in [2.24, 2.45) is 0 Å². The van der Waals surface area contributed by atoms with Crippen LogP contribution >= 0.6 is 11.6 Å². The van der Waals surface area contributed by atoms with E-state index in [0.29, 0.717) is 13.0 Å². The Balaban J connectivity index is 3.01. The molecule has 0 N–H and O–H groups in total. The maximum atomic E-state index is 11.0. The van der Waals surface area contributed by atoms with Crippen molar-refractivity contribution in [3.05, 3.63) is 27.8 Å². The Morgan fingerprint density at radius 2 is 2.06 bits per heavy atom. The van der Waals surface area contributed by atoms with Crippen LogP contribution in [-0.4, -0.2) is 12.4 Å². The summed E-state index contributed by atoms with van der Waals surface area (Å²) in [6, 6.07) is 1.94. The van der Waals surface area contributed by atoms with E-state index in [-0.39, 0.29) is 5.78 Å². The van der Waals surface area contributed by atoms with Gasteiger partial charge in [0.15, 0.2) is 0 Å². The Kier molecular flexibility index (Phi) is 5.67. The molecule has 0 heterocycles. The van der Waals surface area contributed by atoms with Gasteiger partial charge in [0, 0.05) is 11.4 Å². The van der Waals surface area contributed by atoms with Crippen molar-refractivity contribution in [3.63, 3.8) is 0 Å². The highest BCUT2D eigenvalue weighted by atomic mass is 35.5. The summed E-state index contributed by atoms with van der Waals surface area (Å²) >= 11 is 6.21. The monoisotopic (exact) mass is 268 g/mol. The van der Waals surface area contributed by atoms with Gasteiger partial charge in [0.2, 0.25) is 0 Å². The number of hydrogen-bond donors (Lipinski definition) is 0. The first-order valence-corrected chi connectivity index (χ1v) is 6.76. The van der Waals surface area contributed by atoms with Crippen LogP contribution in [0.25, 0.3) is 0 Å². The van der Waals surface area contributed by atoms with E-state index in [0.717, 1.165) is 40.3 Å². The fourth-order valence-electron chi connectivity index (χ4n) is 2.08. The average molecular weight is 269 g/mol. The molecule has 0 fully saturated rings. The van der Waals surface area contributed by atoms with Crippen molar-refractivity contribution >= 4 is 17.4 Å². The number of benzene rings is 1. The van der Waals surface area contributed by atoms with Crippen LogP contribution in [0.1, 0.15) is 43.4 Å². The molecule has 0 saturated carbocycles. The van der Waals surface area contributed by atoms with Crippen molar-refractivity contribution in [2.75, 3.05) is 6.61 Å². The summed E-state index contributed by atoms with van der Waals surface area (Å²) in [5.41, 5.74) is 3.27. The molecule has 18 heavy (non-hydrogen) atoms. The molecule has 0 aromatic heterocycles. The second-order valence-corrected chi connectivity index (χ2v) is 5.00.